The third kappa shape index (κ3) is 4.59. The quantitative estimate of drug-likeness (QED) is 0.629. The van der Waals surface area contributed by atoms with Crippen LogP contribution in [0.1, 0.15) is 35.3 Å². The molecule has 0 aromatic heterocycles. The topological polar surface area (TPSA) is 44.7 Å². The van der Waals surface area contributed by atoms with E-state index in [9.17, 15) is 4.79 Å². The highest BCUT2D eigenvalue weighted by Crippen LogP contribution is 2.16. The molecule has 1 amide bonds. The Hall–Kier alpha value is -2.33. The lowest BCUT2D eigenvalue weighted by molar-refractivity contribution is 0.0955. The molecule has 2 aromatic carbocycles. The molecule has 0 fully saturated rings. The van der Waals surface area contributed by atoms with Gasteiger partial charge in [0, 0.05) is 29.4 Å². The van der Waals surface area contributed by atoms with E-state index in [4.69, 9.17) is 11.6 Å². The summed E-state index contributed by atoms with van der Waals surface area (Å²) in [7, 11) is 0. The zero-order valence-corrected chi connectivity index (χ0v) is 15.0. The highest BCUT2D eigenvalue weighted by molar-refractivity contribution is 6.31. The number of carbonyl (C=O) groups excluding carboxylic acids is 1. The lowest BCUT2D eigenvalue weighted by Gasteiger charge is -2.20. The highest BCUT2D eigenvalue weighted by atomic mass is 35.5. The molecule has 24 heavy (non-hydrogen) atoms. The van der Waals surface area contributed by atoms with Crippen molar-refractivity contribution in [1.29, 1.82) is 0 Å². The van der Waals surface area contributed by atoms with Gasteiger partial charge in [-0.05, 0) is 56.2 Å². The van der Waals surface area contributed by atoms with E-state index in [0.29, 0.717) is 10.6 Å². The molecule has 0 saturated carbocycles. The molecule has 0 aliphatic heterocycles. The fraction of sp³-hybridized carbons (Fsp3) is 0.263. The summed E-state index contributed by atoms with van der Waals surface area (Å²) in [5, 5.41) is 4.57. The molecule has 4 nitrogen and oxygen atoms in total. The van der Waals surface area contributed by atoms with Gasteiger partial charge in [0.05, 0.1) is 6.21 Å². The van der Waals surface area contributed by atoms with Crippen molar-refractivity contribution in [2.24, 2.45) is 5.10 Å². The van der Waals surface area contributed by atoms with E-state index in [1.165, 1.54) is 5.69 Å². The number of hydrazone groups is 1. The van der Waals surface area contributed by atoms with E-state index in [-0.39, 0.29) is 5.91 Å². The fourth-order valence-electron chi connectivity index (χ4n) is 2.32. The molecule has 126 valence electrons. The molecule has 0 atom stereocenters. The van der Waals surface area contributed by atoms with Crippen molar-refractivity contribution < 1.29 is 4.79 Å². The van der Waals surface area contributed by atoms with Crippen LogP contribution in [0.4, 0.5) is 5.69 Å². The van der Waals surface area contributed by atoms with Crippen LogP contribution in [0, 0.1) is 6.92 Å². The van der Waals surface area contributed by atoms with Crippen LogP contribution < -0.4 is 10.3 Å². The number of hydrogen-bond donors (Lipinski definition) is 1. The zero-order chi connectivity index (χ0) is 17.5. The summed E-state index contributed by atoms with van der Waals surface area (Å²) in [6.07, 6.45) is 1.62. The van der Waals surface area contributed by atoms with Gasteiger partial charge in [-0.2, -0.15) is 5.10 Å². The summed E-state index contributed by atoms with van der Waals surface area (Å²) in [5.74, 6) is -0.284. The monoisotopic (exact) mass is 343 g/mol. The minimum atomic E-state index is -0.284. The average molecular weight is 344 g/mol. The maximum Gasteiger partial charge on any atom is 0.271 e. The van der Waals surface area contributed by atoms with E-state index in [2.05, 4.69) is 41.4 Å². The van der Waals surface area contributed by atoms with Crippen LogP contribution in [-0.4, -0.2) is 25.2 Å². The number of aryl methyl sites for hydroxylation is 1. The van der Waals surface area contributed by atoms with E-state index in [0.717, 1.165) is 24.2 Å². The second kappa shape index (κ2) is 8.50. The van der Waals surface area contributed by atoms with Crippen molar-refractivity contribution in [3.8, 4) is 0 Å². The Labute approximate surface area is 148 Å². The smallest absolute Gasteiger partial charge is 0.271 e. The van der Waals surface area contributed by atoms with Gasteiger partial charge >= 0.3 is 0 Å². The normalized spacial score (nSPS) is 10.8. The molecule has 5 heteroatoms. The molecule has 0 radical (unpaired) electrons. The third-order valence-electron chi connectivity index (χ3n) is 3.84. The van der Waals surface area contributed by atoms with Gasteiger partial charge in [-0.3, -0.25) is 4.79 Å². The van der Waals surface area contributed by atoms with Crippen molar-refractivity contribution >= 4 is 29.4 Å². The fourth-order valence-corrected chi connectivity index (χ4v) is 2.50. The number of nitrogens with zero attached hydrogens (tertiary/aromatic N) is 2. The predicted octanol–water partition coefficient (Wildman–Crippen LogP) is 4.26. The van der Waals surface area contributed by atoms with Crippen LogP contribution in [0.3, 0.4) is 0 Å². The van der Waals surface area contributed by atoms with Crippen molar-refractivity contribution in [3.05, 3.63) is 64.2 Å². The minimum Gasteiger partial charge on any atom is -0.372 e. The molecule has 0 spiro atoms. The molecule has 2 rings (SSSR count). The first-order chi connectivity index (χ1) is 11.5. The molecule has 1 N–H and O–H groups in total. The predicted molar refractivity (Wildman–Crippen MR) is 101 cm³/mol. The van der Waals surface area contributed by atoms with Crippen LogP contribution in [-0.2, 0) is 0 Å². The number of halogens is 1. The second-order valence-corrected chi connectivity index (χ2v) is 5.83. The Morgan fingerprint density at radius 2 is 1.83 bits per heavy atom. The average Bonchev–Trinajstić information content (AvgIpc) is 2.59. The van der Waals surface area contributed by atoms with E-state index in [1.807, 2.05) is 25.1 Å². The van der Waals surface area contributed by atoms with Gasteiger partial charge in [0.1, 0.15) is 0 Å². The molecule has 0 aliphatic rings. The molecule has 0 unspecified atom stereocenters. The molecular weight excluding hydrogens is 322 g/mol. The van der Waals surface area contributed by atoms with E-state index >= 15 is 0 Å². The zero-order valence-electron chi connectivity index (χ0n) is 14.2. The number of amides is 1. The van der Waals surface area contributed by atoms with Crippen molar-refractivity contribution in [1.82, 2.24) is 5.43 Å². The molecule has 2 aromatic rings. The van der Waals surface area contributed by atoms with Gasteiger partial charge in [0.2, 0.25) is 0 Å². The summed E-state index contributed by atoms with van der Waals surface area (Å²) >= 11 is 6.03. The summed E-state index contributed by atoms with van der Waals surface area (Å²) in [6.45, 7) is 8.10. The molecule has 0 bridgehead atoms. The SMILES string of the molecule is CCN(CC)c1ccc(/C=N\NC(=O)c2ccc(C)c(Cl)c2)cc1. The van der Waals surface area contributed by atoms with Crippen molar-refractivity contribution in [3.63, 3.8) is 0 Å². The number of anilines is 1. The number of hydrogen-bond acceptors (Lipinski definition) is 3. The second-order valence-electron chi connectivity index (χ2n) is 5.43. The van der Waals surface area contributed by atoms with Crippen LogP contribution in [0.2, 0.25) is 5.02 Å². The van der Waals surface area contributed by atoms with Crippen molar-refractivity contribution in [2.45, 2.75) is 20.8 Å². The van der Waals surface area contributed by atoms with Gasteiger partial charge < -0.3 is 4.90 Å². The standard InChI is InChI=1S/C19H22ClN3O/c1-4-23(5-2)17-10-7-15(8-11-17)13-21-22-19(24)16-9-6-14(3)18(20)12-16/h6-13H,4-5H2,1-3H3,(H,22,24)/b21-13-. The minimum absolute atomic E-state index is 0.284. The number of benzene rings is 2. The molecule has 0 heterocycles. The number of rotatable bonds is 6. The lowest BCUT2D eigenvalue weighted by Crippen LogP contribution is -2.21. The highest BCUT2D eigenvalue weighted by Gasteiger charge is 2.06. The maximum absolute atomic E-state index is 12.0. The van der Waals surface area contributed by atoms with E-state index in [1.54, 1.807) is 18.3 Å². The Bertz CT molecular complexity index is 722. The van der Waals surface area contributed by atoms with Gasteiger partial charge in [-0.1, -0.05) is 29.8 Å². The number of carbonyl (C=O) groups is 1. The van der Waals surface area contributed by atoms with Gasteiger partial charge in [-0.15, -0.1) is 0 Å². The van der Waals surface area contributed by atoms with Gasteiger partial charge in [0.15, 0.2) is 0 Å². The van der Waals surface area contributed by atoms with Crippen LogP contribution in [0.25, 0.3) is 0 Å². The first-order valence-corrected chi connectivity index (χ1v) is 8.37. The summed E-state index contributed by atoms with van der Waals surface area (Å²) in [5.41, 5.74) is 6.04. The van der Waals surface area contributed by atoms with Crippen LogP contribution >= 0.6 is 11.6 Å². The first-order valence-electron chi connectivity index (χ1n) is 7.99. The van der Waals surface area contributed by atoms with Gasteiger partial charge in [-0.25, -0.2) is 5.43 Å². The van der Waals surface area contributed by atoms with E-state index < -0.39 is 0 Å². The summed E-state index contributed by atoms with van der Waals surface area (Å²) in [6, 6.07) is 13.2. The molecule has 0 aliphatic carbocycles. The van der Waals surface area contributed by atoms with Gasteiger partial charge in [0.25, 0.3) is 5.91 Å². The summed E-state index contributed by atoms with van der Waals surface area (Å²) < 4.78 is 0. The van der Waals surface area contributed by atoms with Crippen LogP contribution in [0.5, 0.6) is 0 Å². The molecule has 0 saturated heterocycles. The maximum atomic E-state index is 12.0. The van der Waals surface area contributed by atoms with Crippen molar-refractivity contribution in [2.75, 3.05) is 18.0 Å². The Kier molecular flexibility index (Phi) is 6.38. The Balaban J connectivity index is 1.98. The third-order valence-corrected chi connectivity index (χ3v) is 4.24. The van der Waals surface area contributed by atoms with Crippen LogP contribution in [0.15, 0.2) is 47.6 Å². The summed E-state index contributed by atoms with van der Waals surface area (Å²) in [4.78, 5) is 14.3. The largest absolute Gasteiger partial charge is 0.372 e. The Morgan fingerprint density at radius 3 is 2.42 bits per heavy atom. The molecular formula is C19H22ClN3O. The Morgan fingerprint density at radius 1 is 1.17 bits per heavy atom. The first kappa shape index (κ1) is 18.0. The lowest BCUT2D eigenvalue weighted by atomic mass is 10.1. The number of nitrogens with one attached hydrogen (secondary N) is 1.